The molecule has 0 aliphatic heterocycles. The fourth-order valence-electron chi connectivity index (χ4n) is 2.00. The van der Waals surface area contributed by atoms with Gasteiger partial charge in [-0.2, -0.15) is 0 Å². The van der Waals surface area contributed by atoms with Gasteiger partial charge in [0.2, 0.25) is 0 Å². The van der Waals surface area contributed by atoms with Crippen molar-refractivity contribution in [2.75, 3.05) is 7.11 Å². The first-order valence-electron chi connectivity index (χ1n) is 5.58. The van der Waals surface area contributed by atoms with Crippen molar-refractivity contribution in [3.8, 4) is 0 Å². The second kappa shape index (κ2) is 4.36. The van der Waals surface area contributed by atoms with E-state index in [4.69, 9.17) is 4.74 Å². The lowest BCUT2D eigenvalue weighted by Crippen LogP contribution is -2.46. The van der Waals surface area contributed by atoms with Gasteiger partial charge in [0.05, 0.1) is 5.60 Å². The molecule has 0 aromatic heterocycles. The zero-order chi connectivity index (χ0) is 11.5. The fraction of sp³-hybridized carbons (Fsp3) is 0.571. The summed E-state index contributed by atoms with van der Waals surface area (Å²) in [5.74, 6) is 0. The second-order valence-electron chi connectivity index (χ2n) is 4.78. The third-order valence-electron chi connectivity index (χ3n) is 3.94. The Kier molecular flexibility index (Phi) is 3.56. The molecule has 1 atom stereocenters. The number of methoxy groups -OCH3 is 1. The molecular formula is C14H22O. The van der Waals surface area contributed by atoms with E-state index in [1.807, 2.05) is 0 Å². The van der Waals surface area contributed by atoms with Crippen LogP contribution in [-0.4, -0.2) is 12.7 Å². The highest BCUT2D eigenvalue weighted by Gasteiger charge is 2.40. The van der Waals surface area contributed by atoms with E-state index in [1.165, 1.54) is 5.56 Å². The highest BCUT2D eigenvalue weighted by Crippen LogP contribution is 2.39. The molecule has 0 heterocycles. The van der Waals surface area contributed by atoms with E-state index in [0.29, 0.717) is 0 Å². The van der Waals surface area contributed by atoms with Crippen molar-refractivity contribution in [1.82, 2.24) is 0 Å². The number of rotatable bonds is 4. The largest absolute Gasteiger partial charge is 0.378 e. The average molecular weight is 206 g/mol. The number of benzene rings is 1. The van der Waals surface area contributed by atoms with Gasteiger partial charge < -0.3 is 4.74 Å². The number of hydrogen-bond donors (Lipinski definition) is 0. The van der Waals surface area contributed by atoms with Crippen LogP contribution >= 0.6 is 0 Å². The van der Waals surface area contributed by atoms with Crippen LogP contribution in [-0.2, 0) is 10.2 Å². The first-order valence-corrected chi connectivity index (χ1v) is 5.58. The van der Waals surface area contributed by atoms with Crippen molar-refractivity contribution >= 4 is 0 Å². The first kappa shape index (κ1) is 12.3. The molecule has 0 aliphatic rings. The summed E-state index contributed by atoms with van der Waals surface area (Å²) < 4.78 is 5.71. The van der Waals surface area contributed by atoms with E-state index in [2.05, 4.69) is 58.0 Å². The van der Waals surface area contributed by atoms with E-state index >= 15 is 0 Å². The molecule has 0 amide bonds. The van der Waals surface area contributed by atoms with Gasteiger partial charge in [-0.25, -0.2) is 0 Å². The molecule has 1 aromatic carbocycles. The number of hydrogen-bond acceptors (Lipinski definition) is 1. The van der Waals surface area contributed by atoms with E-state index in [-0.39, 0.29) is 11.0 Å². The minimum absolute atomic E-state index is 0.0256. The van der Waals surface area contributed by atoms with Crippen molar-refractivity contribution in [2.45, 2.75) is 45.1 Å². The molecule has 84 valence electrons. The summed E-state index contributed by atoms with van der Waals surface area (Å²) in [4.78, 5) is 0. The monoisotopic (exact) mass is 206 g/mol. The average Bonchev–Trinajstić information content (AvgIpc) is 2.29. The van der Waals surface area contributed by atoms with Gasteiger partial charge in [-0.15, -0.1) is 0 Å². The van der Waals surface area contributed by atoms with Crippen LogP contribution in [0.5, 0.6) is 0 Å². The van der Waals surface area contributed by atoms with E-state index in [9.17, 15) is 0 Å². The molecule has 0 bridgehead atoms. The SMILES string of the molecule is CCC(C)(OC)C(C)(C)c1ccccc1. The molecule has 1 nitrogen and oxygen atoms in total. The van der Waals surface area contributed by atoms with Gasteiger partial charge in [0.15, 0.2) is 0 Å². The second-order valence-corrected chi connectivity index (χ2v) is 4.78. The molecule has 0 saturated heterocycles. The maximum atomic E-state index is 5.71. The van der Waals surface area contributed by atoms with Crippen LogP contribution in [0.4, 0.5) is 0 Å². The zero-order valence-corrected chi connectivity index (χ0v) is 10.5. The Balaban J connectivity index is 3.12. The third kappa shape index (κ3) is 2.07. The summed E-state index contributed by atoms with van der Waals surface area (Å²) in [6, 6.07) is 10.6. The molecule has 0 saturated carbocycles. The Morgan fingerprint density at radius 3 is 2.00 bits per heavy atom. The molecule has 15 heavy (non-hydrogen) atoms. The molecule has 1 heteroatoms. The predicted molar refractivity (Wildman–Crippen MR) is 65.2 cm³/mol. The van der Waals surface area contributed by atoms with Crippen molar-refractivity contribution < 1.29 is 4.74 Å². The predicted octanol–water partition coefficient (Wildman–Crippen LogP) is 3.78. The van der Waals surface area contributed by atoms with Gasteiger partial charge in [0, 0.05) is 12.5 Å². The topological polar surface area (TPSA) is 9.23 Å². The summed E-state index contributed by atoms with van der Waals surface area (Å²) in [6.07, 6.45) is 1.01. The molecule has 1 rings (SSSR count). The summed E-state index contributed by atoms with van der Waals surface area (Å²) in [7, 11) is 1.80. The van der Waals surface area contributed by atoms with Crippen molar-refractivity contribution in [2.24, 2.45) is 0 Å². The van der Waals surface area contributed by atoms with Crippen LogP contribution in [0, 0.1) is 0 Å². The Bertz CT molecular complexity index is 296. The van der Waals surface area contributed by atoms with Crippen molar-refractivity contribution in [3.63, 3.8) is 0 Å². The van der Waals surface area contributed by atoms with E-state index in [1.54, 1.807) is 7.11 Å². The van der Waals surface area contributed by atoms with Crippen LogP contribution in [0.25, 0.3) is 0 Å². The third-order valence-corrected chi connectivity index (χ3v) is 3.94. The molecule has 0 fully saturated rings. The summed E-state index contributed by atoms with van der Waals surface area (Å²) in [5, 5.41) is 0. The van der Waals surface area contributed by atoms with Gasteiger partial charge in [-0.1, -0.05) is 51.1 Å². The van der Waals surface area contributed by atoms with Gasteiger partial charge in [0.1, 0.15) is 0 Å². The summed E-state index contributed by atoms with van der Waals surface area (Å²) >= 11 is 0. The standard InChI is InChI=1S/C14H22O/c1-6-14(4,15-5)13(2,3)12-10-8-7-9-11-12/h7-11H,6H2,1-5H3. The Labute approximate surface area is 93.5 Å². The van der Waals surface area contributed by atoms with Crippen LogP contribution in [0.3, 0.4) is 0 Å². The van der Waals surface area contributed by atoms with Gasteiger partial charge in [-0.05, 0) is 18.9 Å². The Morgan fingerprint density at radius 1 is 1.07 bits per heavy atom. The van der Waals surface area contributed by atoms with Crippen molar-refractivity contribution in [3.05, 3.63) is 35.9 Å². The number of ether oxygens (including phenoxy) is 1. The normalized spacial score (nSPS) is 16.1. The molecular weight excluding hydrogens is 184 g/mol. The molecule has 0 aliphatic carbocycles. The molecule has 0 N–H and O–H groups in total. The van der Waals surface area contributed by atoms with Crippen LogP contribution in [0.15, 0.2) is 30.3 Å². The highest BCUT2D eigenvalue weighted by molar-refractivity contribution is 5.27. The quantitative estimate of drug-likeness (QED) is 0.728. The molecule has 1 aromatic rings. The van der Waals surface area contributed by atoms with Gasteiger partial charge in [-0.3, -0.25) is 0 Å². The molecule has 1 unspecified atom stereocenters. The lowest BCUT2D eigenvalue weighted by atomic mass is 9.69. The smallest absolute Gasteiger partial charge is 0.0738 e. The first-order chi connectivity index (χ1) is 6.98. The highest BCUT2D eigenvalue weighted by atomic mass is 16.5. The van der Waals surface area contributed by atoms with Crippen LogP contribution < -0.4 is 0 Å². The lowest BCUT2D eigenvalue weighted by molar-refractivity contribution is -0.0526. The minimum Gasteiger partial charge on any atom is -0.378 e. The van der Waals surface area contributed by atoms with Gasteiger partial charge in [0.25, 0.3) is 0 Å². The zero-order valence-electron chi connectivity index (χ0n) is 10.5. The fourth-order valence-corrected chi connectivity index (χ4v) is 2.00. The Morgan fingerprint density at radius 2 is 1.60 bits per heavy atom. The van der Waals surface area contributed by atoms with E-state index < -0.39 is 0 Å². The summed E-state index contributed by atoms with van der Waals surface area (Å²) in [6.45, 7) is 8.85. The summed E-state index contributed by atoms with van der Waals surface area (Å²) in [5.41, 5.74) is 1.24. The molecule has 0 radical (unpaired) electrons. The minimum atomic E-state index is -0.117. The molecule has 0 spiro atoms. The Hall–Kier alpha value is -0.820. The maximum absolute atomic E-state index is 5.71. The van der Waals surface area contributed by atoms with Crippen molar-refractivity contribution in [1.29, 1.82) is 0 Å². The lowest BCUT2D eigenvalue weighted by Gasteiger charge is -2.43. The van der Waals surface area contributed by atoms with Crippen LogP contribution in [0.2, 0.25) is 0 Å². The maximum Gasteiger partial charge on any atom is 0.0738 e. The van der Waals surface area contributed by atoms with E-state index in [0.717, 1.165) is 6.42 Å². The van der Waals surface area contributed by atoms with Gasteiger partial charge >= 0.3 is 0 Å². The van der Waals surface area contributed by atoms with Crippen LogP contribution in [0.1, 0.15) is 39.7 Å².